The molecule has 1 atom stereocenters. The van der Waals surface area contributed by atoms with Crippen molar-refractivity contribution in [2.75, 3.05) is 20.2 Å². The smallest absolute Gasteiger partial charge is 0.243 e. The van der Waals surface area contributed by atoms with Gasteiger partial charge in [0.25, 0.3) is 0 Å². The van der Waals surface area contributed by atoms with Crippen LogP contribution in [0.2, 0.25) is 5.02 Å². The third kappa shape index (κ3) is 3.04. The SMILES string of the molecule is COc1cc(S(=O)(=O)N2CCC[C@H](C)C2)ccc1Cl. The monoisotopic (exact) mass is 303 g/mol. The summed E-state index contributed by atoms with van der Waals surface area (Å²) in [5, 5.41) is 0.411. The maximum atomic E-state index is 12.5. The highest BCUT2D eigenvalue weighted by Crippen LogP contribution is 2.30. The minimum atomic E-state index is -3.45. The Morgan fingerprint density at radius 1 is 1.42 bits per heavy atom. The summed E-state index contributed by atoms with van der Waals surface area (Å²) in [5.74, 6) is 0.783. The predicted molar refractivity (Wildman–Crippen MR) is 75.2 cm³/mol. The molecule has 1 heterocycles. The second kappa shape index (κ2) is 5.69. The molecule has 1 aromatic carbocycles. The van der Waals surface area contributed by atoms with E-state index in [-0.39, 0.29) is 4.90 Å². The summed E-state index contributed by atoms with van der Waals surface area (Å²) in [6, 6.07) is 4.57. The lowest BCUT2D eigenvalue weighted by molar-refractivity contribution is 0.281. The van der Waals surface area contributed by atoms with E-state index >= 15 is 0 Å². The molecule has 0 saturated carbocycles. The van der Waals surface area contributed by atoms with Gasteiger partial charge in [-0.15, -0.1) is 0 Å². The third-order valence-electron chi connectivity index (χ3n) is 3.38. The molecule has 1 saturated heterocycles. The van der Waals surface area contributed by atoms with Crippen LogP contribution in [0.5, 0.6) is 5.75 Å². The number of rotatable bonds is 3. The fourth-order valence-corrected chi connectivity index (χ4v) is 4.12. The molecule has 0 bridgehead atoms. The van der Waals surface area contributed by atoms with Gasteiger partial charge in [0, 0.05) is 19.2 Å². The lowest BCUT2D eigenvalue weighted by atomic mass is 10.0. The van der Waals surface area contributed by atoms with Crippen molar-refractivity contribution in [2.45, 2.75) is 24.7 Å². The first kappa shape index (κ1) is 14.6. The molecule has 0 amide bonds. The van der Waals surface area contributed by atoms with E-state index in [1.54, 1.807) is 10.4 Å². The van der Waals surface area contributed by atoms with Crippen LogP contribution in [0, 0.1) is 5.92 Å². The first-order valence-corrected chi connectivity index (χ1v) is 8.10. The molecule has 0 aliphatic carbocycles. The second-order valence-electron chi connectivity index (χ2n) is 4.91. The molecule has 1 aliphatic heterocycles. The number of ether oxygens (including phenoxy) is 1. The van der Waals surface area contributed by atoms with Crippen molar-refractivity contribution in [3.05, 3.63) is 23.2 Å². The molecule has 1 aliphatic rings. The summed E-state index contributed by atoms with van der Waals surface area (Å²) in [7, 11) is -1.98. The van der Waals surface area contributed by atoms with Crippen LogP contribution in [0.25, 0.3) is 0 Å². The fourth-order valence-electron chi connectivity index (χ4n) is 2.31. The molecule has 2 rings (SSSR count). The quantitative estimate of drug-likeness (QED) is 0.862. The number of piperidine rings is 1. The largest absolute Gasteiger partial charge is 0.495 e. The van der Waals surface area contributed by atoms with Crippen molar-refractivity contribution in [2.24, 2.45) is 5.92 Å². The molecular weight excluding hydrogens is 286 g/mol. The van der Waals surface area contributed by atoms with Gasteiger partial charge >= 0.3 is 0 Å². The highest BCUT2D eigenvalue weighted by molar-refractivity contribution is 7.89. The highest BCUT2D eigenvalue weighted by atomic mass is 35.5. The van der Waals surface area contributed by atoms with Gasteiger partial charge in [-0.05, 0) is 30.9 Å². The zero-order valence-electron chi connectivity index (χ0n) is 11.1. The van der Waals surface area contributed by atoms with Gasteiger partial charge in [0.15, 0.2) is 0 Å². The Hall–Kier alpha value is -0.780. The number of hydrogen-bond donors (Lipinski definition) is 0. The third-order valence-corrected chi connectivity index (χ3v) is 5.55. The van der Waals surface area contributed by atoms with Crippen LogP contribution in [0.1, 0.15) is 19.8 Å². The van der Waals surface area contributed by atoms with E-state index in [0.717, 1.165) is 12.8 Å². The number of nitrogens with zero attached hydrogens (tertiary/aromatic N) is 1. The van der Waals surface area contributed by atoms with Crippen LogP contribution in [0.15, 0.2) is 23.1 Å². The van der Waals surface area contributed by atoms with Gasteiger partial charge in [-0.1, -0.05) is 18.5 Å². The molecule has 0 spiro atoms. The van der Waals surface area contributed by atoms with E-state index in [1.807, 2.05) is 0 Å². The van der Waals surface area contributed by atoms with Crippen LogP contribution >= 0.6 is 11.6 Å². The predicted octanol–water partition coefficient (Wildman–Crippen LogP) is 2.77. The topological polar surface area (TPSA) is 46.6 Å². The lowest BCUT2D eigenvalue weighted by Gasteiger charge is -2.30. The number of halogens is 1. The molecule has 6 heteroatoms. The zero-order chi connectivity index (χ0) is 14.0. The average Bonchev–Trinajstić information content (AvgIpc) is 2.39. The Kier molecular flexibility index (Phi) is 4.38. The second-order valence-corrected chi connectivity index (χ2v) is 7.25. The van der Waals surface area contributed by atoms with Gasteiger partial charge in [0.1, 0.15) is 5.75 Å². The van der Waals surface area contributed by atoms with Crippen LogP contribution in [0.3, 0.4) is 0 Å². The van der Waals surface area contributed by atoms with Gasteiger partial charge in [-0.25, -0.2) is 8.42 Å². The van der Waals surface area contributed by atoms with Gasteiger partial charge in [0.05, 0.1) is 17.0 Å². The van der Waals surface area contributed by atoms with Crippen molar-refractivity contribution in [3.63, 3.8) is 0 Å². The molecule has 0 unspecified atom stereocenters. The number of sulfonamides is 1. The Morgan fingerprint density at radius 3 is 2.79 bits per heavy atom. The Labute approximate surface area is 119 Å². The fraction of sp³-hybridized carbons (Fsp3) is 0.538. The molecule has 0 radical (unpaired) electrons. The van der Waals surface area contributed by atoms with Crippen molar-refractivity contribution >= 4 is 21.6 Å². The van der Waals surface area contributed by atoms with Crippen molar-refractivity contribution < 1.29 is 13.2 Å². The Morgan fingerprint density at radius 2 is 2.16 bits per heavy atom. The minimum absolute atomic E-state index is 0.239. The minimum Gasteiger partial charge on any atom is -0.495 e. The summed E-state index contributed by atoms with van der Waals surface area (Å²) in [5.41, 5.74) is 0. The van der Waals surface area contributed by atoms with E-state index in [0.29, 0.717) is 29.8 Å². The molecule has 106 valence electrons. The molecule has 1 aromatic rings. The highest BCUT2D eigenvalue weighted by Gasteiger charge is 2.29. The molecule has 19 heavy (non-hydrogen) atoms. The van der Waals surface area contributed by atoms with E-state index < -0.39 is 10.0 Å². The summed E-state index contributed by atoms with van der Waals surface area (Å²) < 4.78 is 31.7. The maximum Gasteiger partial charge on any atom is 0.243 e. The van der Waals surface area contributed by atoms with E-state index in [2.05, 4.69) is 6.92 Å². The van der Waals surface area contributed by atoms with Crippen LogP contribution in [-0.2, 0) is 10.0 Å². The molecule has 0 aromatic heterocycles. The first-order valence-electron chi connectivity index (χ1n) is 6.29. The van der Waals surface area contributed by atoms with Gasteiger partial charge in [-0.2, -0.15) is 4.31 Å². The van der Waals surface area contributed by atoms with Gasteiger partial charge in [-0.3, -0.25) is 0 Å². The van der Waals surface area contributed by atoms with Gasteiger partial charge < -0.3 is 4.74 Å². The standard InChI is InChI=1S/C13H18ClNO3S/c1-10-4-3-7-15(9-10)19(16,17)11-5-6-12(14)13(8-11)18-2/h5-6,8,10H,3-4,7,9H2,1-2H3/t10-/m0/s1. The lowest BCUT2D eigenvalue weighted by Crippen LogP contribution is -2.39. The van der Waals surface area contributed by atoms with Crippen LogP contribution < -0.4 is 4.74 Å². The number of methoxy groups -OCH3 is 1. The molecule has 4 nitrogen and oxygen atoms in total. The molecule has 0 N–H and O–H groups in total. The first-order chi connectivity index (χ1) is 8.95. The van der Waals surface area contributed by atoms with Crippen molar-refractivity contribution in [1.82, 2.24) is 4.31 Å². The van der Waals surface area contributed by atoms with E-state index in [4.69, 9.17) is 16.3 Å². The maximum absolute atomic E-state index is 12.5. The summed E-state index contributed by atoms with van der Waals surface area (Å²) in [6.45, 7) is 3.23. The Balaban J connectivity index is 2.33. The average molecular weight is 304 g/mol. The number of benzene rings is 1. The normalized spacial score (nSPS) is 21.3. The van der Waals surface area contributed by atoms with Crippen LogP contribution in [-0.4, -0.2) is 32.9 Å². The molecular formula is C13H18ClNO3S. The van der Waals surface area contributed by atoms with Crippen LogP contribution in [0.4, 0.5) is 0 Å². The summed E-state index contributed by atoms with van der Waals surface area (Å²) in [6.07, 6.45) is 1.99. The van der Waals surface area contributed by atoms with Crippen molar-refractivity contribution in [1.29, 1.82) is 0 Å². The zero-order valence-corrected chi connectivity index (χ0v) is 12.7. The Bertz CT molecular complexity index is 559. The van der Waals surface area contributed by atoms with Gasteiger partial charge in [0.2, 0.25) is 10.0 Å². The van der Waals surface area contributed by atoms with Crippen molar-refractivity contribution in [3.8, 4) is 5.75 Å². The summed E-state index contributed by atoms with van der Waals surface area (Å²) >= 11 is 5.92. The number of hydrogen-bond acceptors (Lipinski definition) is 3. The molecule has 1 fully saturated rings. The van der Waals surface area contributed by atoms with E-state index in [1.165, 1.54) is 19.2 Å². The van der Waals surface area contributed by atoms with E-state index in [9.17, 15) is 8.42 Å². The summed E-state index contributed by atoms with van der Waals surface area (Å²) in [4.78, 5) is 0.239.